The van der Waals surface area contributed by atoms with E-state index in [0.29, 0.717) is 5.41 Å². The highest BCUT2D eigenvalue weighted by Crippen LogP contribution is 2.40. The van der Waals surface area contributed by atoms with Crippen LogP contribution in [0.3, 0.4) is 0 Å². The van der Waals surface area contributed by atoms with Gasteiger partial charge in [0.15, 0.2) is 0 Å². The summed E-state index contributed by atoms with van der Waals surface area (Å²) in [6.07, 6.45) is 7.21. The van der Waals surface area contributed by atoms with Gasteiger partial charge in [-0.3, -0.25) is 4.90 Å². The maximum Gasteiger partial charge on any atom is 0.0186 e. The third-order valence-corrected chi connectivity index (χ3v) is 5.98. The lowest BCUT2D eigenvalue weighted by Crippen LogP contribution is -2.42. The smallest absolute Gasteiger partial charge is 0.0186 e. The molecule has 3 saturated heterocycles. The molecule has 1 atom stereocenters. The Balaban J connectivity index is 1.58. The average Bonchev–Trinajstić information content (AvgIpc) is 2.75. The molecule has 3 aliphatic heterocycles. The van der Waals surface area contributed by atoms with Crippen LogP contribution in [0.15, 0.2) is 0 Å². The first-order chi connectivity index (χ1) is 7.88. The Morgan fingerprint density at radius 2 is 2.06 bits per heavy atom. The molecule has 0 radical (unpaired) electrons. The Labute approximate surface area is 104 Å². The van der Waals surface area contributed by atoms with Crippen LogP contribution in [0.1, 0.15) is 32.1 Å². The Morgan fingerprint density at radius 3 is 2.81 bits per heavy atom. The summed E-state index contributed by atoms with van der Waals surface area (Å²) in [5.74, 6) is 2.80. The molecule has 0 saturated carbocycles. The molecular formula is C13H24N2S. The summed E-state index contributed by atoms with van der Waals surface area (Å²) in [7, 11) is 0. The van der Waals surface area contributed by atoms with Crippen molar-refractivity contribution in [2.45, 2.75) is 38.1 Å². The minimum absolute atomic E-state index is 0.702. The number of hydrogen-bond donors (Lipinski definition) is 1. The molecule has 0 amide bonds. The molecule has 3 rings (SSSR count). The molecule has 1 spiro atoms. The Bertz CT molecular complexity index is 232. The molecule has 3 heterocycles. The second-order valence-electron chi connectivity index (χ2n) is 5.84. The summed E-state index contributed by atoms with van der Waals surface area (Å²) in [4.78, 5) is 2.82. The van der Waals surface area contributed by atoms with E-state index >= 15 is 0 Å². The maximum atomic E-state index is 3.51. The molecule has 1 N–H and O–H groups in total. The van der Waals surface area contributed by atoms with Gasteiger partial charge in [0.25, 0.3) is 0 Å². The van der Waals surface area contributed by atoms with Crippen molar-refractivity contribution < 1.29 is 0 Å². The van der Waals surface area contributed by atoms with Crippen LogP contribution in [-0.2, 0) is 0 Å². The highest BCUT2D eigenvalue weighted by molar-refractivity contribution is 7.99. The van der Waals surface area contributed by atoms with E-state index < -0.39 is 0 Å². The zero-order valence-corrected chi connectivity index (χ0v) is 11.0. The van der Waals surface area contributed by atoms with Gasteiger partial charge >= 0.3 is 0 Å². The maximum absolute atomic E-state index is 3.51. The van der Waals surface area contributed by atoms with Crippen molar-refractivity contribution in [2.24, 2.45) is 5.41 Å². The average molecular weight is 240 g/mol. The molecule has 3 heteroatoms. The number of thioether (sulfide) groups is 1. The Kier molecular flexibility index (Phi) is 3.46. The van der Waals surface area contributed by atoms with Crippen LogP contribution in [0, 0.1) is 5.41 Å². The van der Waals surface area contributed by atoms with Gasteiger partial charge in [-0.25, -0.2) is 0 Å². The fourth-order valence-corrected chi connectivity index (χ4v) is 4.85. The van der Waals surface area contributed by atoms with Crippen LogP contribution in [0.25, 0.3) is 0 Å². The topological polar surface area (TPSA) is 15.3 Å². The lowest BCUT2D eigenvalue weighted by molar-refractivity contribution is 0.171. The molecule has 0 unspecified atom stereocenters. The van der Waals surface area contributed by atoms with Gasteiger partial charge in [-0.05, 0) is 62.9 Å². The summed E-state index contributed by atoms with van der Waals surface area (Å²) < 4.78 is 0. The summed E-state index contributed by atoms with van der Waals surface area (Å²) in [6.45, 7) is 5.30. The predicted octanol–water partition coefficient (Wildman–Crippen LogP) is 1.96. The van der Waals surface area contributed by atoms with Crippen molar-refractivity contribution in [1.29, 1.82) is 0 Å². The van der Waals surface area contributed by atoms with Crippen LogP contribution >= 0.6 is 11.8 Å². The molecule has 3 fully saturated rings. The molecule has 0 aromatic heterocycles. The number of likely N-dealkylation sites (tertiary alicyclic amines) is 1. The number of nitrogens with one attached hydrogen (secondary N) is 1. The number of hydrogen-bond acceptors (Lipinski definition) is 3. The summed E-state index contributed by atoms with van der Waals surface area (Å²) in [6, 6.07) is 0.910. The van der Waals surface area contributed by atoms with Gasteiger partial charge in [-0.2, -0.15) is 11.8 Å². The Morgan fingerprint density at radius 1 is 1.19 bits per heavy atom. The van der Waals surface area contributed by atoms with Gasteiger partial charge in [0.2, 0.25) is 0 Å². The first-order valence-corrected chi connectivity index (χ1v) is 8.06. The first-order valence-electron chi connectivity index (χ1n) is 6.91. The van der Waals surface area contributed by atoms with Gasteiger partial charge in [0, 0.05) is 18.3 Å². The fourth-order valence-electron chi connectivity index (χ4n) is 3.66. The van der Waals surface area contributed by atoms with Crippen LogP contribution < -0.4 is 5.32 Å². The van der Waals surface area contributed by atoms with E-state index in [2.05, 4.69) is 22.0 Å². The molecule has 16 heavy (non-hydrogen) atoms. The predicted molar refractivity (Wildman–Crippen MR) is 71.1 cm³/mol. The van der Waals surface area contributed by atoms with E-state index in [1.54, 1.807) is 0 Å². The van der Waals surface area contributed by atoms with Gasteiger partial charge in [0.1, 0.15) is 0 Å². The minimum atomic E-state index is 0.702. The normalized spacial score (nSPS) is 35.6. The van der Waals surface area contributed by atoms with Crippen molar-refractivity contribution in [3.63, 3.8) is 0 Å². The zero-order chi connectivity index (χ0) is 10.8. The van der Waals surface area contributed by atoms with Crippen LogP contribution in [-0.4, -0.2) is 48.6 Å². The molecule has 92 valence electrons. The second kappa shape index (κ2) is 4.87. The van der Waals surface area contributed by atoms with Gasteiger partial charge < -0.3 is 5.32 Å². The SMILES string of the molecule is C1CSC[C@@H](N2CCC3(CCNCC3)C2)C1. The van der Waals surface area contributed by atoms with Crippen LogP contribution in [0.2, 0.25) is 0 Å². The quantitative estimate of drug-likeness (QED) is 0.754. The van der Waals surface area contributed by atoms with E-state index in [1.165, 1.54) is 69.8 Å². The molecule has 2 nitrogen and oxygen atoms in total. The van der Waals surface area contributed by atoms with Crippen LogP contribution in [0.5, 0.6) is 0 Å². The minimum Gasteiger partial charge on any atom is -0.317 e. The fraction of sp³-hybridized carbons (Fsp3) is 1.00. The lowest BCUT2D eigenvalue weighted by Gasteiger charge is -2.36. The van der Waals surface area contributed by atoms with Crippen molar-refractivity contribution in [1.82, 2.24) is 10.2 Å². The third-order valence-electron chi connectivity index (χ3n) is 4.78. The van der Waals surface area contributed by atoms with Crippen molar-refractivity contribution in [2.75, 3.05) is 37.7 Å². The molecule has 0 aliphatic carbocycles. The molecule has 3 aliphatic rings. The van der Waals surface area contributed by atoms with E-state index in [9.17, 15) is 0 Å². The molecular weight excluding hydrogens is 216 g/mol. The lowest BCUT2D eigenvalue weighted by atomic mass is 9.78. The summed E-state index contributed by atoms with van der Waals surface area (Å²) >= 11 is 2.17. The Hall–Kier alpha value is 0.270. The highest BCUT2D eigenvalue weighted by Gasteiger charge is 2.40. The number of rotatable bonds is 1. The van der Waals surface area contributed by atoms with E-state index in [4.69, 9.17) is 0 Å². The van der Waals surface area contributed by atoms with Crippen molar-refractivity contribution >= 4 is 11.8 Å². The number of nitrogens with zero attached hydrogens (tertiary/aromatic N) is 1. The summed E-state index contributed by atoms with van der Waals surface area (Å²) in [5, 5.41) is 3.51. The van der Waals surface area contributed by atoms with Crippen LogP contribution in [0.4, 0.5) is 0 Å². The molecule has 0 aromatic carbocycles. The largest absolute Gasteiger partial charge is 0.317 e. The van der Waals surface area contributed by atoms with E-state index in [1.807, 2.05) is 0 Å². The number of piperidine rings is 1. The van der Waals surface area contributed by atoms with Gasteiger partial charge in [-0.1, -0.05) is 0 Å². The molecule has 0 bridgehead atoms. The molecule has 0 aromatic rings. The van der Waals surface area contributed by atoms with E-state index in [0.717, 1.165) is 6.04 Å². The van der Waals surface area contributed by atoms with Crippen molar-refractivity contribution in [3.8, 4) is 0 Å². The highest BCUT2D eigenvalue weighted by atomic mass is 32.2. The van der Waals surface area contributed by atoms with E-state index in [-0.39, 0.29) is 0 Å². The van der Waals surface area contributed by atoms with Crippen molar-refractivity contribution in [3.05, 3.63) is 0 Å². The first kappa shape index (κ1) is 11.4. The summed E-state index contributed by atoms with van der Waals surface area (Å²) in [5.41, 5.74) is 0.702. The standard InChI is InChI=1S/C13H24N2S/c1-2-12(10-16-9-1)15-8-5-13(11-15)3-6-14-7-4-13/h12,14H,1-11H2/t12-/m0/s1. The van der Waals surface area contributed by atoms with Gasteiger partial charge in [-0.15, -0.1) is 0 Å². The monoisotopic (exact) mass is 240 g/mol. The second-order valence-corrected chi connectivity index (χ2v) is 6.99. The third kappa shape index (κ3) is 2.27. The van der Waals surface area contributed by atoms with Gasteiger partial charge in [0.05, 0.1) is 0 Å². The zero-order valence-electron chi connectivity index (χ0n) is 10.2.